The minimum Gasteiger partial charge on any atom is -0.491 e. The van der Waals surface area contributed by atoms with E-state index in [1.165, 1.54) is 12.1 Å². The minimum atomic E-state index is -3.25. The van der Waals surface area contributed by atoms with Gasteiger partial charge in [0, 0.05) is 4.47 Å². The van der Waals surface area contributed by atoms with Crippen LogP contribution in [0, 0.1) is 5.82 Å². The van der Waals surface area contributed by atoms with Crippen LogP contribution in [0.2, 0.25) is 0 Å². The molecular weight excluding hydrogens is 301 g/mol. The van der Waals surface area contributed by atoms with Crippen LogP contribution < -0.4 is 4.74 Å². The number of Topliss-reactive ketones (excluding diaryl/α,β-unsaturated/α-hetero) is 1. The van der Waals surface area contributed by atoms with Gasteiger partial charge in [0.1, 0.15) is 0 Å². The average Bonchev–Trinajstić information content (AvgIpc) is 2.28. The van der Waals surface area contributed by atoms with Crippen LogP contribution in [0.5, 0.6) is 5.75 Å². The number of ether oxygens (including phenoxy) is 1. The molecule has 0 spiro atoms. The maximum absolute atomic E-state index is 13.8. The van der Waals surface area contributed by atoms with Gasteiger partial charge in [-0.15, -0.1) is 0 Å². The largest absolute Gasteiger partial charge is 0.491 e. The molecule has 1 aromatic rings. The molecule has 17 heavy (non-hydrogen) atoms. The number of carbonyl (C=O) groups is 1. The van der Waals surface area contributed by atoms with Crippen LogP contribution in [-0.4, -0.2) is 18.8 Å². The van der Waals surface area contributed by atoms with Gasteiger partial charge < -0.3 is 4.74 Å². The van der Waals surface area contributed by atoms with E-state index >= 15 is 0 Å². The van der Waals surface area contributed by atoms with Gasteiger partial charge in [0.25, 0.3) is 0 Å². The van der Waals surface area contributed by atoms with E-state index in [2.05, 4.69) is 15.9 Å². The molecular formula is C11H10BrF3O2. The minimum absolute atomic E-state index is 0.0100. The molecule has 0 unspecified atom stereocenters. The van der Waals surface area contributed by atoms with E-state index in [9.17, 15) is 18.0 Å². The topological polar surface area (TPSA) is 26.3 Å². The van der Waals surface area contributed by atoms with E-state index in [1.807, 2.05) is 6.92 Å². The van der Waals surface area contributed by atoms with Gasteiger partial charge in [-0.05, 0) is 34.5 Å². The zero-order chi connectivity index (χ0) is 13.0. The Morgan fingerprint density at radius 2 is 2.12 bits per heavy atom. The number of carbonyl (C=O) groups excluding carboxylic acids is 1. The number of hydrogen-bond donors (Lipinski definition) is 0. The molecule has 0 aromatic heterocycles. The van der Waals surface area contributed by atoms with Gasteiger partial charge in [0.05, 0.1) is 12.2 Å². The highest BCUT2D eigenvalue weighted by Crippen LogP contribution is 2.29. The summed E-state index contributed by atoms with van der Waals surface area (Å²) < 4.78 is 43.3. The van der Waals surface area contributed by atoms with Crippen LogP contribution in [-0.2, 0) is 0 Å². The molecule has 0 atom stereocenters. The van der Waals surface area contributed by atoms with Crippen molar-refractivity contribution in [3.05, 3.63) is 28.0 Å². The first-order valence-electron chi connectivity index (χ1n) is 4.92. The molecule has 0 radical (unpaired) electrons. The standard InChI is InChI=1S/C11H10BrF3O2/c1-2-5-17-7-4-3-6(12)8(9(7)13)10(16)11(14)15/h3-4,11H,2,5H2,1H3. The van der Waals surface area contributed by atoms with E-state index in [-0.39, 0.29) is 16.8 Å². The lowest BCUT2D eigenvalue weighted by molar-refractivity contribution is 0.0672. The van der Waals surface area contributed by atoms with Crippen LogP contribution in [0.4, 0.5) is 13.2 Å². The number of benzene rings is 1. The fraction of sp³-hybridized carbons (Fsp3) is 0.364. The molecule has 94 valence electrons. The van der Waals surface area contributed by atoms with E-state index in [4.69, 9.17) is 4.74 Å². The summed E-state index contributed by atoms with van der Waals surface area (Å²) in [7, 11) is 0. The van der Waals surface area contributed by atoms with Crippen LogP contribution in [0.1, 0.15) is 23.7 Å². The van der Waals surface area contributed by atoms with Gasteiger partial charge in [-0.2, -0.15) is 0 Å². The number of ketones is 1. The Labute approximate surface area is 105 Å². The number of halogens is 4. The van der Waals surface area contributed by atoms with Gasteiger partial charge in [-0.3, -0.25) is 4.79 Å². The molecule has 0 heterocycles. The van der Waals surface area contributed by atoms with Crippen molar-refractivity contribution in [3.8, 4) is 5.75 Å². The van der Waals surface area contributed by atoms with E-state index < -0.39 is 23.6 Å². The Bertz CT molecular complexity index is 421. The Morgan fingerprint density at radius 1 is 1.47 bits per heavy atom. The number of rotatable bonds is 5. The molecule has 0 saturated heterocycles. The smallest absolute Gasteiger partial charge is 0.300 e. The lowest BCUT2D eigenvalue weighted by atomic mass is 10.1. The Hall–Kier alpha value is -1.04. The zero-order valence-electron chi connectivity index (χ0n) is 8.97. The quantitative estimate of drug-likeness (QED) is 0.773. The first-order valence-corrected chi connectivity index (χ1v) is 5.71. The predicted octanol–water partition coefficient (Wildman–Crippen LogP) is 3.82. The first-order chi connectivity index (χ1) is 7.99. The third-order valence-corrected chi connectivity index (χ3v) is 2.62. The molecule has 6 heteroatoms. The third-order valence-electron chi connectivity index (χ3n) is 1.96. The second-order valence-electron chi connectivity index (χ2n) is 3.25. The molecule has 0 N–H and O–H groups in total. The average molecular weight is 311 g/mol. The summed E-state index contributed by atoms with van der Waals surface area (Å²) in [6.45, 7) is 2.07. The summed E-state index contributed by atoms with van der Waals surface area (Å²) in [5.74, 6) is -2.81. The Balaban J connectivity index is 3.15. The van der Waals surface area contributed by atoms with Gasteiger partial charge in [0.15, 0.2) is 11.6 Å². The molecule has 0 aliphatic carbocycles. The summed E-state index contributed by atoms with van der Waals surface area (Å²) in [5.41, 5.74) is -0.673. The summed E-state index contributed by atoms with van der Waals surface area (Å²) in [4.78, 5) is 11.1. The van der Waals surface area contributed by atoms with Crippen molar-refractivity contribution in [2.75, 3.05) is 6.61 Å². The zero-order valence-corrected chi connectivity index (χ0v) is 10.6. The second-order valence-corrected chi connectivity index (χ2v) is 4.10. The van der Waals surface area contributed by atoms with Gasteiger partial charge in [0.2, 0.25) is 5.78 Å². The van der Waals surface area contributed by atoms with Crippen LogP contribution in [0.15, 0.2) is 16.6 Å². The molecule has 0 saturated carbocycles. The van der Waals surface area contributed by atoms with Crippen molar-refractivity contribution in [1.82, 2.24) is 0 Å². The highest BCUT2D eigenvalue weighted by atomic mass is 79.9. The molecule has 0 aliphatic rings. The maximum Gasteiger partial charge on any atom is 0.300 e. The molecule has 0 aliphatic heterocycles. The summed E-state index contributed by atoms with van der Waals surface area (Å²) in [5, 5.41) is 0. The lowest BCUT2D eigenvalue weighted by Gasteiger charge is -2.10. The van der Waals surface area contributed by atoms with Crippen LogP contribution in [0.3, 0.4) is 0 Å². The van der Waals surface area contributed by atoms with Crippen molar-refractivity contribution in [3.63, 3.8) is 0 Å². The van der Waals surface area contributed by atoms with Crippen molar-refractivity contribution in [2.45, 2.75) is 19.8 Å². The van der Waals surface area contributed by atoms with Crippen LogP contribution in [0.25, 0.3) is 0 Å². The molecule has 0 fully saturated rings. The van der Waals surface area contributed by atoms with E-state index in [1.54, 1.807) is 0 Å². The van der Waals surface area contributed by atoms with E-state index in [0.717, 1.165) is 0 Å². The van der Waals surface area contributed by atoms with Gasteiger partial charge in [-0.25, -0.2) is 13.2 Å². The fourth-order valence-corrected chi connectivity index (χ4v) is 1.69. The summed E-state index contributed by atoms with van der Waals surface area (Å²) in [6, 6.07) is 2.60. The fourth-order valence-electron chi connectivity index (χ4n) is 1.19. The highest BCUT2D eigenvalue weighted by Gasteiger charge is 2.26. The normalized spacial score (nSPS) is 10.7. The van der Waals surface area contributed by atoms with Crippen molar-refractivity contribution in [1.29, 1.82) is 0 Å². The third kappa shape index (κ3) is 3.21. The van der Waals surface area contributed by atoms with Gasteiger partial charge >= 0.3 is 6.43 Å². The summed E-state index contributed by atoms with van der Waals surface area (Å²) >= 11 is 2.87. The molecule has 1 aromatic carbocycles. The lowest BCUT2D eigenvalue weighted by Crippen LogP contribution is -2.14. The van der Waals surface area contributed by atoms with Crippen LogP contribution >= 0.6 is 15.9 Å². The Kier molecular flexibility index (Phi) is 4.99. The SMILES string of the molecule is CCCOc1ccc(Br)c(C(=O)C(F)F)c1F. The second kappa shape index (κ2) is 6.05. The molecule has 1 rings (SSSR count). The molecule has 2 nitrogen and oxygen atoms in total. The molecule has 0 amide bonds. The van der Waals surface area contributed by atoms with Crippen molar-refractivity contribution in [2.24, 2.45) is 0 Å². The van der Waals surface area contributed by atoms with Crippen molar-refractivity contribution >= 4 is 21.7 Å². The van der Waals surface area contributed by atoms with Crippen molar-refractivity contribution < 1.29 is 22.7 Å². The predicted molar refractivity (Wildman–Crippen MR) is 60.2 cm³/mol. The Morgan fingerprint density at radius 3 is 2.65 bits per heavy atom. The number of hydrogen-bond acceptors (Lipinski definition) is 2. The molecule has 0 bridgehead atoms. The van der Waals surface area contributed by atoms with Gasteiger partial charge in [-0.1, -0.05) is 6.92 Å². The summed E-state index contributed by atoms with van der Waals surface area (Å²) in [6.07, 6.45) is -2.60. The highest BCUT2D eigenvalue weighted by molar-refractivity contribution is 9.10. The number of alkyl halides is 2. The monoisotopic (exact) mass is 310 g/mol. The first kappa shape index (κ1) is 14.0. The maximum atomic E-state index is 13.8. The van der Waals surface area contributed by atoms with E-state index in [0.29, 0.717) is 6.42 Å².